The van der Waals surface area contributed by atoms with Gasteiger partial charge in [-0.15, -0.1) is 10.2 Å². The third kappa shape index (κ3) is 3.45. The summed E-state index contributed by atoms with van der Waals surface area (Å²) in [5, 5.41) is 6.64. The van der Waals surface area contributed by atoms with Gasteiger partial charge in [-0.05, 0) is 13.0 Å². The van der Waals surface area contributed by atoms with Crippen LogP contribution < -0.4 is 4.74 Å². The second kappa shape index (κ2) is 5.18. The lowest BCUT2D eigenvalue weighted by Crippen LogP contribution is -2.10. The van der Waals surface area contributed by atoms with E-state index in [1.807, 2.05) is 0 Å². The molecule has 0 unspecified atom stereocenters. The Kier molecular flexibility index (Phi) is 3.90. The number of hydrogen-bond acceptors (Lipinski definition) is 5. The van der Waals surface area contributed by atoms with Gasteiger partial charge in [0.15, 0.2) is 5.69 Å². The number of aromatic nitrogens is 2. The molecule has 0 spiro atoms. The van der Waals surface area contributed by atoms with Crippen LogP contribution in [0, 0.1) is 0 Å². The molecule has 0 aliphatic rings. The normalized spacial score (nSPS) is 10.1. The zero-order valence-corrected chi connectivity index (χ0v) is 7.81. The lowest BCUT2D eigenvalue weighted by molar-refractivity contribution is -0.0534. The maximum Gasteiger partial charge on any atom is 0.388 e. The van der Waals surface area contributed by atoms with E-state index < -0.39 is 12.6 Å². The molecule has 0 aliphatic carbocycles. The van der Waals surface area contributed by atoms with Gasteiger partial charge in [0.2, 0.25) is 5.88 Å². The summed E-state index contributed by atoms with van der Waals surface area (Å²) in [6, 6.07) is 2.31. The Morgan fingerprint density at radius 3 is 2.67 bits per heavy atom. The van der Waals surface area contributed by atoms with Crippen molar-refractivity contribution in [1.29, 1.82) is 0 Å². The Morgan fingerprint density at radius 2 is 2.20 bits per heavy atom. The average Bonchev–Trinajstić information content (AvgIpc) is 2.18. The van der Waals surface area contributed by atoms with Crippen molar-refractivity contribution < 1.29 is 23.0 Å². The summed E-state index contributed by atoms with van der Waals surface area (Å²) >= 11 is 0. The highest BCUT2D eigenvalue weighted by molar-refractivity contribution is 5.86. The van der Waals surface area contributed by atoms with Crippen molar-refractivity contribution in [2.75, 3.05) is 6.61 Å². The zero-order valence-electron chi connectivity index (χ0n) is 7.81. The van der Waals surface area contributed by atoms with Crippen molar-refractivity contribution in [2.24, 2.45) is 0 Å². The third-order valence-electron chi connectivity index (χ3n) is 1.33. The molecule has 0 N–H and O–H groups in total. The van der Waals surface area contributed by atoms with Crippen LogP contribution >= 0.6 is 0 Å². The fourth-order valence-corrected chi connectivity index (χ4v) is 0.788. The van der Waals surface area contributed by atoms with E-state index in [0.717, 1.165) is 6.07 Å². The Bertz CT molecular complexity index is 329. The van der Waals surface area contributed by atoms with Crippen LogP contribution in [-0.2, 0) is 4.74 Å². The Labute approximate surface area is 84.0 Å². The lowest BCUT2D eigenvalue weighted by atomic mass is 10.4. The van der Waals surface area contributed by atoms with Crippen LogP contribution in [0.15, 0.2) is 12.1 Å². The fourth-order valence-electron chi connectivity index (χ4n) is 0.788. The number of hydrogen-bond donors (Lipinski definition) is 0. The number of rotatable bonds is 4. The van der Waals surface area contributed by atoms with Crippen LogP contribution in [0.4, 0.5) is 8.78 Å². The molecule has 0 aromatic carbocycles. The van der Waals surface area contributed by atoms with Crippen LogP contribution in [0.25, 0.3) is 0 Å². The molecule has 0 radical (unpaired) electrons. The van der Waals surface area contributed by atoms with Crippen LogP contribution in [0.1, 0.15) is 17.4 Å². The molecule has 0 atom stereocenters. The predicted octanol–water partition coefficient (Wildman–Crippen LogP) is 1.25. The highest BCUT2D eigenvalue weighted by Gasteiger charge is 2.10. The van der Waals surface area contributed by atoms with Gasteiger partial charge in [-0.3, -0.25) is 0 Å². The van der Waals surface area contributed by atoms with E-state index in [0.29, 0.717) is 0 Å². The van der Waals surface area contributed by atoms with Crippen molar-refractivity contribution in [2.45, 2.75) is 13.5 Å². The number of carbonyl (C=O) groups excluding carboxylic acids is 1. The molecular weight excluding hydrogens is 210 g/mol. The van der Waals surface area contributed by atoms with Crippen molar-refractivity contribution in [3.8, 4) is 5.88 Å². The molecule has 0 fully saturated rings. The van der Waals surface area contributed by atoms with E-state index in [4.69, 9.17) is 0 Å². The minimum absolute atomic E-state index is 0.0570. The van der Waals surface area contributed by atoms with Crippen molar-refractivity contribution >= 4 is 5.97 Å². The highest BCUT2D eigenvalue weighted by atomic mass is 19.3. The van der Waals surface area contributed by atoms with Gasteiger partial charge in [-0.1, -0.05) is 0 Å². The monoisotopic (exact) mass is 218 g/mol. The summed E-state index contributed by atoms with van der Waals surface area (Å²) < 4.78 is 32.0. The molecule has 7 heteroatoms. The lowest BCUT2D eigenvalue weighted by Gasteiger charge is -2.03. The van der Waals surface area contributed by atoms with Gasteiger partial charge in [-0.2, -0.15) is 8.78 Å². The van der Waals surface area contributed by atoms with E-state index in [2.05, 4.69) is 19.7 Å². The number of esters is 1. The van der Waals surface area contributed by atoms with Crippen molar-refractivity contribution in [3.63, 3.8) is 0 Å². The van der Waals surface area contributed by atoms with Gasteiger partial charge in [0.25, 0.3) is 0 Å². The van der Waals surface area contributed by atoms with Crippen LogP contribution in [0.3, 0.4) is 0 Å². The van der Waals surface area contributed by atoms with E-state index in [-0.39, 0.29) is 18.2 Å². The first-order valence-corrected chi connectivity index (χ1v) is 4.09. The van der Waals surface area contributed by atoms with Gasteiger partial charge in [0.05, 0.1) is 6.61 Å². The predicted molar refractivity (Wildman–Crippen MR) is 44.6 cm³/mol. The number of nitrogens with zero attached hydrogens (tertiary/aromatic N) is 2. The molecular formula is C8H8F2N2O3. The molecule has 0 saturated carbocycles. The molecule has 1 heterocycles. The minimum Gasteiger partial charge on any atom is -0.461 e. The Hall–Kier alpha value is -1.79. The SMILES string of the molecule is CCOC(=O)c1ccc(OC(F)F)nn1. The smallest absolute Gasteiger partial charge is 0.388 e. The maximum absolute atomic E-state index is 11.7. The van der Waals surface area contributed by atoms with Crippen molar-refractivity contribution in [3.05, 3.63) is 17.8 Å². The molecule has 82 valence electrons. The largest absolute Gasteiger partial charge is 0.461 e. The van der Waals surface area contributed by atoms with Crippen molar-refractivity contribution in [1.82, 2.24) is 10.2 Å². The molecule has 0 saturated heterocycles. The van der Waals surface area contributed by atoms with Gasteiger partial charge in [-0.25, -0.2) is 4.79 Å². The van der Waals surface area contributed by atoms with Gasteiger partial charge in [0, 0.05) is 6.07 Å². The Balaban J connectivity index is 2.67. The molecule has 0 amide bonds. The summed E-state index contributed by atoms with van der Waals surface area (Å²) in [4.78, 5) is 11.1. The topological polar surface area (TPSA) is 61.3 Å². The maximum atomic E-state index is 11.7. The molecule has 1 aromatic rings. The average molecular weight is 218 g/mol. The first-order valence-electron chi connectivity index (χ1n) is 4.09. The third-order valence-corrected chi connectivity index (χ3v) is 1.33. The summed E-state index contributed by atoms with van der Waals surface area (Å²) in [5.74, 6) is -1.01. The number of carbonyl (C=O) groups is 1. The second-order valence-corrected chi connectivity index (χ2v) is 2.36. The fraction of sp³-hybridized carbons (Fsp3) is 0.375. The summed E-state index contributed by atoms with van der Waals surface area (Å²) in [5.41, 5.74) is -0.0570. The van der Waals surface area contributed by atoms with Crippen LogP contribution in [0.2, 0.25) is 0 Å². The molecule has 1 aromatic heterocycles. The van der Waals surface area contributed by atoms with Gasteiger partial charge < -0.3 is 9.47 Å². The van der Waals surface area contributed by atoms with E-state index in [9.17, 15) is 13.6 Å². The number of ether oxygens (including phenoxy) is 2. The standard InChI is InChI=1S/C8H8F2N2O3/c1-2-14-7(13)5-3-4-6(12-11-5)15-8(9)10/h3-4,8H,2H2,1H3. The van der Waals surface area contributed by atoms with Gasteiger partial charge >= 0.3 is 12.6 Å². The number of alkyl halides is 2. The van der Waals surface area contributed by atoms with E-state index in [1.165, 1.54) is 6.07 Å². The van der Waals surface area contributed by atoms with E-state index >= 15 is 0 Å². The molecule has 1 rings (SSSR count). The molecule has 0 bridgehead atoms. The number of halogens is 2. The highest BCUT2D eigenvalue weighted by Crippen LogP contribution is 2.09. The first kappa shape index (κ1) is 11.3. The van der Waals surface area contributed by atoms with Crippen LogP contribution in [0.5, 0.6) is 5.88 Å². The summed E-state index contributed by atoms with van der Waals surface area (Å²) in [7, 11) is 0. The summed E-state index contributed by atoms with van der Waals surface area (Å²) in [6.45, 7) is -1.12. The molecule has 0 aliphatic heterocycles. The molecule has 15 heavy (non-hydrogen) atoms. The van der Waals surface area contributed by atoms with Crippen LogP contribution in [-0.4, -0.2) is 29.4 Å². The minimum atomic E-state index is -2.97. The first-order chi connectivity index (χ1) is 7.13. The van der Waals surface area contributed by atoms with Gasteiger partial charge in [0.1, 0.15) is 0 Å². The summed E-state index contributed by atoms with van der Waals surface area (Å²) in [6.07, 6.45) is 0. The molecule has 5 nitrogen and oxygen atoms in total. The second-order valence-electron chi connectivity index (χ2n) is 2.36. The Morgan fingerprint density at radius 1 is 1.47 bits per heavy atom. The zero-order chi connectivity index (χ0) is 11.3. The quantitative estimate of drug-likeness (QED) is 0.712. The van der Waals surface area contributed by atoms with E-state index in [1.54, 1.807) is 6.92 Å².